The van der Waals surface area contributed by atoms with Crippen LogP contribution < -0.4 is 0 Å². The molecule has 94 valence electrons. The molecule has 0 spiro atoms. The highest BCUT2D eigenvalue weighted by Crippen LogP contribution is 2.17. The van der Waals surface area contributed by atoms with Crippen molar-refractivity contribution in [3.05, 3.63) is 33.8 Å². The summed E-state index contributed by atoms with van der Waals surface area (Å²) in [7, 11) is 0. The third-order valence-electron chi connectivity index (χ3n) is 1.98. The van der Waals surface area contributed by atoms with Gasteiger partial charge < -0.3 is 9.84 Å². The average molecular weight is 311 g/mol. The highest BCUT2D eigenvalue weighted by atomic mass is 79.9. The molecule has 0 amide bonds. The van der Waals surface area contributed by atoms with E-state index in [1.807, 2.05) is 0 Å². The van der Waals surface area contributed by atoms with Crippen LogP contribution in [0.4, 0.5) is 0 Å². The van der Waals surface area contributed by atoms with Crippen LogP contribution in [0.2, 0.25) is 0 Å². The fourth-order valence-electron chi connectivity index (χ4n) is 1.17. The molecule has 0 atom stereocenters. The van der Waals surface area contributed by atoms with Crippen molar-refractivity contribution in [2.24, 2.45) is 0 Å². The van der Waals surface area contributed by atoms with E-state index in [0.717, 1.165) is 0 Å². The predicted molar refractivity (Wildman–Crippen MR) is 69.2 cm³/mol. The Labute approximate surface area is 113 Å². The maximum Gasteiger partial charge on any atom is 0.335 e. The zero-order valence-corrected chi connectivity index (χ0v) is 11.3. The van der Waals surface area contributed by atoms with Crippen molar-refractivity contribution in [1.82, 2.24) is 0 Å². The van der Waals surface area contributed by atoms with Crippen molar-refractivity contribution in [3.8, 4) is 11.8 Å². The third kappa shape index (κ3) is 4.22. The van der Waals surface area contributed by atoms with Crippen LogP contribution in [0, 0.1) is 11.8 Å². The topological polar surface area (TPSA) is 63.6 Å². The predicted octanol–water partition coefficient (Wildman–Crippen LogP) is 2.45. The van der Waals surface area contributed by atoms with Crippen LogP contribution in [0.5, 0.6) is 0 Å². The summed E-state index contributed by atoms with van der Waals surface area (Å²) >= 11 is 3.23. The molecule has 0 aliphatic rings. The van der Waals surface area contributed by atoms with Crippen molar-refractivity contribution < 1.29 is 19.4 Å². The van der Waals surface area contributed by atoms with E-state index in [9.17, 15) is 9.59 Å². The van der Waals surface area contributed by atoms with Crippen LogP contribution in [0.3, 0.4) is 0 Å². The van der Waals surface area contributed by atoms with Gasteiger partial charge in [0.25, 0.3) is 0 Å². The second-order valence-corrected chi connectivity index (χ2v) is 4.14. The molecule has 1 N–H and O–H groups in total. The Morgan fingerprint density at radius 1 is 1.44 bits per heavy atom. The smallest absolute Gasteiger partial charge is 0.335 e. The second kappa shape index (κ2) is 6.82. The van der Waals surface area contributed by atoms with Gasteiger partial charge in [0.05, 0.1) is 12.2 Å². The summed E-state index contributed by atoms with van der Waals surface area (Å²) in [6.45, 7) is 2.06. The highest BCUT2D eigenvalue weighted by Gasteiger charge is 2.05. The summed E-state index contributed by atoms with van der Waals surface area (Å²) in [5, 5.41) is 8.79. The van der Waals surface area contributed by atoms with E-state index in [-0.39, 0.29) is 18.0 Å². The molecule has 0 bridgehead atoms. The largest absolute Gasteiger partial charge is 0.478 e. The first kappa shape index (κ1) is 14.3. The first-order valence-corrected chi connectivity index (χ1v) is 6.01. The Bertz CT molecular complexity index is 526. The fourth-order valence-corrected chi connectivity index (χ4v) is 1.65. The molecule has 0 saturated carbocycles. The van der Waals surface area contributed by atoms with Crippen molar-refractivity contribution in [2.75, 3.05) is 6.61 Å². The van der Waals surface area contributed by atoms with Gasteiger partial charge >= 0.3 is 11.9 Å². The summed E-state index contributed by atoms with van der Waals surface area (Å²) in [5.74, 6) is 4.08. The van der Waals surface area contributed by atoms with Gasteiger partial charge in [-0.2, -0.15) is 0 Å². The van der Waals surface area contributed by atoms with Crippen LogP contribution in [0.25, 0.3) is 0 Å². The van der Waals surface area contributed by atoms with Gasteiger partial charge in [0.2, 0.25) is 0 Å². The number of carbonyl (C=O) groups excluding carboxylic acids is 1. The van der Waals surface area contributed by atoms with E-state index in [4.69, 9.17) is 9.84 Å². The molecule has 1 aromatic carbocycles. The van der Waals surface area contributed by atoms with Crippen LogP contribution >= 0.6 is 15.9 Å². The van der Waals surface area contributed by atoms with E-state index in [2.05, 4.69) is 27.8 Å². The van der Waals surface area contributed by atoms with Gasteiger partial charge in [-0.15, -0.1) is 0 Å². The lowest BCUT2D eigenvalue weighted by molar-refractivity contribution is -0.141. The lowest BCUT2D eigenvalue weighted by atomic mass is 10.1. The second-order valence-electron chi connectivity index (χ2n) is 3.28. The number of benzene rings is 1. The highest BCUT2D eigenvalue weighted by molar-refractivity contribution is 9.10. The lowest BCUT2D eigenvalue weighted by Gasteiger charge is -1.98. The van der Waals surface area contributed by atoms with Gasteiger partial charge in [0.1, 0.15) is 6.42 Å². The molecule has 0 unspecified atom stereocenters. The van der Waals surface area contributed by atoms with Crippen molar-refractivity contribution >= 4 is 27.9 Å². The van der Waals surface area contributed by atoms with Gasteiger partial charge in [-0.25, -0.2) is 4.79 Å². The number of ether oxygens (including phenoxy) is 1. The Kier molecular flexibility index (Phi) is 5.40. The monoisotopic (exact) mass is 310 g/mol. The molecule has 1 rings (SSSR count). The summed E-state index contributed by atoms with van der Waals surface area (Å²) in [6.07, 6.45) is 0.0148. The molecule has 0 aliphatic heterocycles. The minimum absolute atomic E-state index is 0.0148. The number of rotatable bonds is 3. The summed E-state index contributed by atoms with van der Waals surface area (Å²) in [5.41, 5.74) is 0.808. The zero-order chi connectivity index (χ0) is 13.5. The SMILES string of the molecule is CCOC(=O)CC#Cc1ccc(C(=O)O)cc1Br. The Hall–Kier alpha value is -1.80. The summed E-state index contributed by atoms with van der Waals surface area (Å²) in [6, 6.07) is 4.52. The molecule has 1 aromatic rings. The number of hydrogen-bond donors (Lipinski definition) is 1. The third-order valence-corrected chi connectivity index (χ3v) is 2.63. The molecule has 0 radical (unpaired) electrons. The maximum absolute atomic E-state index is 11.0. The standard InChI is InChI=1S/C13H11BrO4/c1-2-18-12(15)5-3-4-9-6-7-10(13(16)17)8-11(9)14/h6-8H,2,5H2,1H3,(H,16,17). The summed E-state index contributed by atoms with van der Waals surface area (Å²) < 4.78 is 5.31. The van der Waals surface area contributed by atoms with Gasteiger partial charge in [0, 0.05) is 10.0 Å². The lowest BCUT2D eigenvalue weighted by Crippen LogP contribution is -2.01. The molecular weight excluding hydrogens is 300 g/mol. The number of halogens is 1. The maximum atomic E-state index is 11.0. The average Bonchev–Trinajstić information content (AvgIpc) is 2.31. The Morgan fingerprint density at radius 2 is 2.17 bits per heavy atom. The van der Waals surface area contributed by atoms with Gasteiger partial charge in [0.15, 0.2) is 0 Å². The number of esters is 1. The quantitative estimate of drug-likeness (QED) is 0.688. The number of aromatic carboxylic acids is 1. The van der Waals surface area contributed by atoms with Crippen LogP contribution in [-0.4, -0.2) is 23.7 Å². The molecule has 18 heavy (non-hydrogen) atoms. The fraction of sp³-hybridized carbons (Fsp3) is 0.231. The molecule has 5 heteroatoms. The minimum Gasteiger partial charge on any atom is -0.478 e. The normalized spacial score (nSPS) is 9.22. The van der Waals surface area contributed by atoms with Crippen LogP contribution in [0.1, 0.15) is 29.3 Å². The van der Waals surface area contributed by atoms with Gasteiger partial charge in [-0.3, -0.25) is 4.79 Å². The van der Waals surface area contributed by atoms with E-state index >= 15 is 0 Å². The number of hydrogen-bond acceptors (Lipinski definition) is 3. The van der Waals surface area contributed by atoms with Crippen molar-refractivity contribution in [1.29, 1.82) is 0 Å². The number of carboxylic acids is 1. The van der Waals surface area contributed by atoms with Crippen molar-refractivity contribution in [2.45, 2.75) is 13.3 Å². The van der Waals surface area contributed by atoms with E-state index in [1.165, 1.54) is 12.1 Å². The van der Waals surface area contributed by atoms with Crippen molar-refractivity contribution in [3.63, 3.8) is 0 Å². The zero-order valence-electron chi connectivity index (χ0n) is 9.70. The molecule has 0 fully saturated rings. The van der Waals surface area contributed by atoms with E-state index in [0.29, 0.717) is 16.6 Å². The first-order chi connectivity index (χ1) is 8.54. The van der Waals surface area contributed by atoms with Gasteiger partial charge in [-0.1, -0.05) is 11.8 Å². The first-order valence-electron chi connectivity index (χ1n) is 5.22. The minimum atomic E-state index is -0.998. The van der Waals surface area contributed by atoms with E-state index in [1.54, 1.807) is 13.0 Å². The molecule has 0 aromatic heterocycles. The molecule has 4 nitrogen and oxygen atoms in total. The Morgan fingerprint density at radius 3 is 2.72 bits per heavy atom. The molecule has 0 saturated heterocycles. The number of carbonyl (C=O) groups is 2. The molecule has 0 aliphatic carbocycles. The van der Waals surface area contributed by atoms with E-state index < -0.39 is 5.97 Å². The molecular formula is C13H11BrO4. The van der Waals surface area contributed by atoms with Crippen LogP contribution in [0.15, 0.2) is 22.7 Å². The molecule has 0 heterocycles. The number of carboxylic acid groups (broad SMARTS) is 1. The summed E-state index contributed by atoms with van der Waals surface area (Å²) in [4.78, 5) is 21.8. The van der Waals surface area contributed by atoms with Crippen LogP contribution in [-0.2, 0) is 9.53 Å². The Balaban J connectivity index is 2.77. The van der Waals surface area contributed by atoms with Gasteiger partial charge in [-0.05, 0) is 41.1 Å².